The fourth-order valence-corrected chi connectivity index (χ4v) is 1.54. The highest BCUT2D eigenvalue weighted by molar-refractivity contribution is 5.66. The lowest BCUT2D eigenvalue weighted by atomic mass is 9.92. The molecule has 2 N–H and O–H groups in total. The third-order valence-electron chi connectivity index (χ3n) is 2.05. The molecule has 0 aromatic rings. The number of hydrogen-bond donors (Lipinski definition) is 1. The molecule has 1 fully saturated rings. The van der Waals surface area contributed by atoms with E-state index < -0.39 is 5.72 Å². The van der Waals surface area contributed by atoms with Gasteiger partial charge in [-0.1, -0.05) is 6.42 Å². The molecule has 3 nitrogen and oxygen atoms in total. The van der Waals surface area contributed by atoms with E-state index in [1.807, 2.05) is 0 Å². The van der Waals surface area contributed by atoms with E-state index in [4.69, 9.17) is 10.5 Å². The van der Waals surface area contributed by atoms with Gasteiger partial charge in [0.25, 0.3) is 0 Å². The van der Waals surface area contributed by atoms with Gasteiger partial charge in [0.15, 0.2) is 5.72 Å². The van der Waals surface area contributed by atoms with Crippen LogP contribution in [0.3, 0.4) is 0 Å². The van der Waals surface area contributed by atoms with Crippen molar-refractivity contribution in [1.29, 1.82) is 0 Å². The Morgan fingerprint density at radius 3 is 2.36 bits per heavy atom. The number of esters is 1. The molecule has 0 amide bonds. The van der Waals surface area contributed by atoms with Crippen LogP contribution in [-0.2, 0) is 9.53 Å². The minimum absolute atomic E-state index is 0.269. The van der Waals surface area contributed by atoms with Gasteiger partial charge in [0.1, 0.15) is 0 Å². The highest BCUT2D eigenvalue weighted by Crippen LogP contribution is 2.26. The van der Waals surface area contributed by atoms with Gasteiger partial charge in [-0.3, -0.25) is 10.5 Å². The average Bonchev–Trinajstić information content (AvgIpc) is 1.85. The van der Waals surface area contributed by atoms with Crippen molar-refractivity contribution in [2.24, 2.45) is 5.73 Å². The smallest absolute Gasteiger partial charge is 0.304 e. The maximum absolute atomic E-state index is 10.6. The Labute approximate surface area is 66.9 Å². The van der Waals surface area contributed by atoms with Gasteiger partial charge in [-0.15, -0.1) is 0 Å². The van der Waals surface area contributed by atoms with Gasteiger partial charge in [-0.05, 0) is 12.8 Å². The predicted octanol–water partition coefficient (Wildman–Crippen LogP) is 1.17. The third kappa shape index (κ3) is 2.50. The van der Waals surface area contributed by atoms with Gasteiger partial charge in [-0.25, -0.2) is 0 Å². The highest BCUT2D eigenvalue weighted by Gasteiger charge is 2.29. The van der Waals surface area contributed by atoms with Crippen molar-refractivity contribution < 1.29 is 9.53 Å². The summed E-state index contributed by atoms with van der Waals surface area (Å²) in [5, 5.41) is 0. The molecule has 0 saturated heterocycles. The summed E-state index contributed by atoms with van der Waals surface area (Å²) in [4.78, 5) is 10.6. The molecule has 3 heteroatoms. The van der Waals surface area contributed by atoms with Crippen LogP contribution in [0.2, 0.25) is 0 Å². The first-order valence-corrected chi connectivity index (χ1v) is 4.11. The third-order valence-corrected chi connectivity index (χ3v) is 2.05. The summed E-state index contributed by atoms with van der Waals surface area (Å²) in [6.45, 7) is 1.41. The Morgan fingerprint density at radius 1 is 1.36 bits per heavy atom. The van der Waals surface area contributed by atoms with Crippen molar-refractivity contribution in [3.8, 4) is 0 Å². The van der Waals surface area contributed by atoms with Gasteiger partial charge in [0.2, 0.25) is 0 Å². The number of rotatable bonds is 1. The Morgan fingerprint density at radius 2 is 1.91 bits per heavy atom. The van der Waals surface area contributed by atoms with E-state index in [9.17, 15) is 4.79 Å². The molecule has 0 spiro atoms. The van der Waals surface area contributed by atoms with Crippen LogP contribution < -0.4 is 5.73 Å². The zero-order valence-electron chi connectivity index (χ0n) is 6.93. The lowest BCUT2D eigenvalue weighted by Gasteiger charge is -2.32. The summed E-state index contributed by atoms with van der Waals surface area (Å²) in [5.41, 5.74) is 5.17. The lowest BCUT2D eigenvalue weighted by Crippen LogP contribution is -2.45. The van der Waals surface area contributed by atoms with Crippen molar-refractivity contribution in [2.75, 3.05) is 0 Å². The number of nitrogens with two attached hydrogens (primary N) is 1. The van der Waals surface area contributed by atoms with E-state index in [0.29, 0.717) is 0 Å². The topological polar surface area (TPSA) is 52.3 Å². The molecule has 1 saturated carbocycles. The first-order valence-electron chi connectivity index (χ1n) is 4.11. The molecule has 1 aliphatic rings. The van der Waals surface area contributed by atoms with Gasteiger partial charge < -0.3 is 4.74 Å². The second-order valence-corrected chi connectivity index (χ2v) is 3.22. The Hall–Kier alpha value is -0.570. The molecule has 0 aromatic carbocycles. The predicted molar refractivity (Wildman–Crippen MR) is 41.8 cm³/mol. The van der Waals surface area contributed by atoms with E-state index in [1.165, 1.54) is 13.3 Å². The van der Waals surface area contributed by atoms with Gasteiger partial charge in [-0.2, -0.15) is 0 Å². The van der Waals surface area contributed by atoms with E-state index >= 15 is 0 Å². The van der Waals surface area contributed by atoms with E-state index in [-0.39, 0.29) is 5.97 Å². The van der Waals surface area contributed by atoms with Crippen LogP contribution in [0.15, 0.2) is 0 Å². The highest BCUT2D eigenvalue weighted by atomic mass is 16.6. The van der Waals surface area contributed by atoms with Gasteiger partial charge in [0, 0.05) is 19.8 Å². The van der Waals surface area contributed by atoms with Crippen molar-refractivity contribution in [3.63, 3.8) is 0 Å². The molecular formula is C8H15NO2. The molecular weight excluding hydrogens is 142 g/mol. The summed E-state index contributed by atoms with van der Waals surface area (Å²) in [6.07, 6.45) is 4.98. The van der Waals surface area contributed by atoms with Crippen molar-refractivity contribution in [2.45, 2.75) is 44.8 Å². The van der Waals surface area contributed by atoms with Crippen LogP contribution in [0.1, 0.15) is 39.0 Å². The molecule has 0 radical (unpaired) electrons. The van der Waals surface area contributed by atoms with Crippen LogP contribution >= 0.6 is 0 Å². The van der Waals surface area contributed by atoms with Crippen molar-refractivity contribution >= 4 is 5.97 Å². The monoisotopic (exact) mass is 157 g/mol. The fourth-order valence-electron chi connectivity index (χ4n) is 1.54. The SMILES string of the molecule is CC(=O)OC1(N)CCCCC1. The molecule has 1 aliphatic carbocycles. The maximum atomic E-state index is 10.6. The zero-order chi connectivity index (χ0) is 8.32. The van der Waals surface area contributed by atoms with E-state index in [0.717, 1.165) is 25.7 Å². The number of carbonyl (C=O) groups excluding carboxylic acids is 1. The van der Waals surface area contributed by atoms with E-state index in [1.54, 1.807) is 0 Å². The number of carbonyl (C=O) groups is 1. The molecule has 0 unspecified atom stereocenters. The molecule has 0 bridgehead atoms. The van der Waals surface area contributed by atoms with Crippen molar-refractivity contribution in [3.05, 3.63) is 0 Å². The summed E-state index contributed by atoms with van der Waals surface area (Å²) in [5.74, 6) is -0.269. The number of hydrogen-bond acceptors (Lipinski definition) is 3. The van der Waals surface area contributed by atoms with Gasteiger partial charge in [0.05, 0.1) is 0 Å². The fraction of sp³-hybridized carbons (Fsp3) is 0.875. The van der Waals surface area contributed by atoms with E-state index in [2.05, 4.69) is 0 Å². The summed E-state index contributed by atoms with van der Waals surface area (Å²) >= 11 is 0. The molecule has 1 rings (SSSR count). The summed E-state index contributed by atoms with van der Waals surface area (Å²) in [6, 6.07) is 0. The largest absolute Gasteiger partial charge is 0.444 e. The van der Waals surface area contributed by atoms with Crippen LogP contribution in [0.5, 0.6) is 0 Å². The second kappa shape index (κ2) is 3.22. The maximum Gasteiger partial charge on any atom is 0.304 e. The Balaban J connectivity index is 2.43. The average molecular weight is 157 g/mol. The quantitative estimate of drug-likeness (QED) is 0.459. The first kappa shape index (κ1) is 8.53. The summed E-state index contributed by atoms with van der Waals surface area (Å²) < 4.78 is 5.02. The zero-order valence-corrected chi connectivity index (χ0v) is 6.93. The van der Waals surface area contributed by atoms with Crippen LogP contribution in [0.4, 0.5) is 0 Å². The van der Waals surface area contributed by atoms with Gasteiger partial charge >= 0.3 is 5.97 Å². The molecule has 0 aromatic heterocycles. The first-order chi connectivity index (χ1) is 5.12. The number of ether oxygens (including phenoxy) is 1. The molecule has 64 valence electrons. The molecule has 11 heavy (non-hydrogen) atoms. The molecule has 0 aliphatic heterocycles. The molecule has 0 atom stereocenters. The minimum Gasteiger partial charge on any atom is -0.444 e. The van der Waals surface area contributed by atoms with Crippen LogP contribution in [-0.4, -0.2) is 11.7 Å². The lowest BCUT2D eigenvalue weighted by molar-refractivity contribution is -0.159. The second-order valence-electron chi connectivity index (χ2n) is 3.22. The van der Waals surface area contributed by atoms with Crippen molar-refractivity contribution in [1.82, 2.24) is 0 Å². The van der Waals surface area contributed by atoms with Crippen LogP contribution in [0.25, 0.3) is 0 Å². The Kier molecular flexibility index (Phi) is 2.49. The van der Waals surface area contributed by atoms with Crippen LogP contribution in [0, 0.1) is 0 Å². The standard InChI is InChI=1S/C8H15NO2/c1-7(10)11-8(9)5-3-2-4-6-8/h2-6,9H2,1H3. The molecule has 0 heterocycles. The minimum atomic E-state index is -0.649. The normalized spacial score (nSPS) is 22.7. The summed E-state index contributed by atoms with van der Waals surface area (Å²) in [7, 11) is 0. The Bertz CT molecular complexity index is 150.